The van der Waals surface area contributed by atoms with Gasteiger partial charge in [0.05, 0.1) is 18.0 Å². The van der Waals surface area contributed by atoms with E-state index >= 15 is 0 Å². The van der Waals surface area contributed by atoms with E-state index in [-0.39, 0.29) is 0 Å². The van der Waals surface area contributed by atoms with E-state index in [4.69, 9.17) is 4.74 Å². The summed E-state index contributed by atoms with van der Waals surface area (Å²) in [6, 6.07) is 8.93. The molecular formula is C18H15F3N4O2S2. The molecule has 29 heavy (non-hydrogen) atoms. The third-order valence-corrected chi connectivity index (χ3v) is 5.71. The van der Waals surface area contributed by atoms with Gasteiger partial charge in [-0.3, -0.25) is 4.79 Å². The lowest BCUT2D eigenvalue weighted by Crippen LogP contribution is -2.23. The normalized spacial score (nSPS) is 11.8. The highest BCUT2D eigenvalue weighted by molar-refractivity contribution is 8.02. The van der Waals surface area contributed by atoms with E-state index in [1.54, 1.807) is 26.2 Å². The summed E-state index contributed by atoms with van der Waals surface area (Å²) in [5.74, 6) is -4.27. The van der Waals surface area contributed by atoms with Crippen molar-refractivity contribution in [2.45, 2.75) is 16.5 Å². The number of methoxy groups -OCH3 is 1. The van der Waals surface area contributed by atoms with Crippen LogP contribution in [0.15, 0.2) is 40.7 Å². The highest BCUT2D eigenvalue weighted by Gasteiger charge is 2.20. The predicted molar refractivity (Wildman–Crippen MR) is 106 cm³/mol. The summed E-state index contributed by atoms with van der Waals surface area (Å²) in [6.45, 7) is 1.58. The van der Waals surface area contributed by atoms with E-state index in [1.165, 1.54) is 11.3 Å². The molecule has 152 valence electrons. The molecule has 0 aliphatic carbocycles. The SMILES string of the molecule is COc1ccc(Nc2nnc(SC(C)C(=O)Nc3ccc(F)c(F)c3F)s2)cc1. The molecular weight excluding hydrogens is 425 g/mol. The Morgan fingerprint density at radius 2 is 1.83 bits per heavy atom. The first kappa shape index (κ1) is 20.9. The lowest BCUT2D eigenvalue weighted by atomic mass is 10.2. The van der Waals surface area contributed by atoms with Gasteiger partial charge in [-0.05, 0) is 43.3 Å². The molecule has 3 aromatic rings. The summed E-state index contributed by atoms with van der Waals surface area (Å²) in [7, 11) is 1.58. The van der Waals surface area contributed by atoms with Crippen molar-refractivity contribution in [3.05, 3.63) is 53.8 Å². The third kappa shape index (κ3) is 5.18. The number of aromatic nitrogens is 2. The van der Waals surface area contributed by atoms with E-state index in [0.29, 0.717) is 9.47 Å². The van der Waals surface area contributed by atoms with Crippen molar-refractivity contribution in [3.63, 3.8) is 0 Å². The number of nitrogens with one attached hydrogen (secondary N) is 2. The van der Waals surface area contributed by atoms with Crippen LogP contribution in [0.4, 0.5) is 29.7 Å². The highest BCUT2D eigenvalue weighted by Crippen LogP contribution is 2.31. The standard InChI is InChI=1S/C18H15F3N4O2S2/c1-9(16(26)23-13-8-7-12(19)14(20)15(13)21)28-18-25-24-17(29-18)22-10-3-5-11(27-2)6-4-10/h3-9H,1-2H3,(H,22,24)(H,23,26). The minimum atomic E-state index is -1.64. The number of carbonyl (C=O) groups is 1. The fourth-order valence-electron chi connectivity index (χ4n) is 2.17. The smallest absolute Gasteiger partial charge is 0.237 e. The van der Waals surface area contributed by atoms with Gasteiger partial charge in [-0.25, -0.2) is 13.2 Å². The van der Waals surface area contributed by atoms with Gasteiger partial charge < -0.3 is 15.4 Å². The van der Waals surface area contributed by atoms with Crippen LogP contribution in [0.3, 0.4) is 0 Å². The molecule has 2 aromatic carbocycles. The molecule has 3 rings (SSSR count). The first-order chi connectivity index (χ1) is 13.9. The Morgan fingerprint density at radius 1 is 1.10 bits per heavy atom. The zero-order valence-electron chi connectivity index (χ0n) is 15.2. The van der Waals surface area contributed by atoms with Crippen molar-refractivity contribution in [2.24, 2.45) is 0 Å². The van der Waals surface area contributed by atoms with Gasteiger partial charge in [0.2, 0.25) is 11.0 Å². The number of hydrogen-bond acceptors (Lipinski definition) is 7. The van der Waals surface area contributed by atoms with E-state index in [9.17, 15) is 18.0 Å². The summed E-state index contributed by atoms with van der Waals surface area (Å²) >= 11 is 2.34. The van der Waals surface area contributed by atoms with Crippen molar-refractivity contribution in [3.8, 4) is 5.75 Å². The second-order valence-corrected chi connectivity index (χ2v) is 8.26. The molecule has 1 heterocycles. The van der Waals surface area contributed by atoms with Crippen LogP contribution < -0.4 is 15.4 Å². The molecule has 0 fully saturated rings. The number of carbonyl (C=O) groups excluding carboxylic acids is 1. The van der Waals surface area contributed by atoms with Crippen molar-refractivity contribution < 1.29 is 22.7 Å². The Labute approximate surface area is 172 Å². The van der Waals surface area contributed by atoms with Gasteiger partial charge in [0, 0.05) is 5.69 Å². The summed E-state index contributed by atoms with van der Waals surface area (Å²) < 4.78 is 45.6. The first-order valence-corrected chi connectivity index (χ1v) is 9.92. The Kier molecular flexibility index (Phi) is 6.60. The monoisotopic (exact) mass is 440 g/mol. The number of benzene rings is 2. The Bertz CT molecular complexity index is 1010. The van der Waals surface area contributed by atoms with Crippen LogP contribution in [0.2, 0.25) is 0 Å². The van der Waals surface area contributed by atoms with Crippen molar-refractivity contribution >= 4 is 45.5 Å². The quantitative estimate of drug-likeness (QED) is 0.405. The average molecular weight is 440 g/mol. The van der Waals surface area contributed by atoms with Gasteiger partial charge in [0.25, 0.3) is 0 Å². The number of amides is 1. The minimum absolute atomic E-state index is 0.430. The number of nitrogens with zero attached hydrogens (tertiary/aromatic N) is 2. The van der Waals surface area contributed by atoms with Crippen LogP contribution in [0, 0.1) is 17.5 Å². The lowest BCUT2D eigenvalue weighted by molar-refractivity contribution is -0.115. The van der Waals surface area contributed by atoms with Crippen molar-refractivity contribution in [2.75, 3.05) is 17.7 Å². The number of ether oxygens (including phenoxy) is 1. The van der Waals surface area contributed by atoms with Crippen LogP contribution in [-0.4, -0.2) is 28.5 Å². The van der Waals surface area contributed by atoms with E-state index in [2.05, 4.69) is 20.8 Å². The molecule has 0 saturated carbocycles. The number of anilines is 3. The largest absolute Gasteiger partial charge is 0.497 e. The Morgan fingerprint density at radius 3 is 2.52 bits per heavy atom. The van der Waals surface area contributed by atoms with Crippen molar-refractivity contribution in [1.29, 1.82) is 0 Å². The van der Waals surface area contributed by atoms with Crippen molar-refractivity contribution in [1.82, 2.24) is 10.2 Å². The average Bonchev–Trinajstić information content (AvgIpc) is 3.15. The molecule has 2 N–H and O–H groups in total. The fraction of sp³-hybridized carbons (Fsp3) is 0.167. The van der Waals surface area contributed by atoms with E-state index in [1.807, 2.05) is 12.1 Å². The van der Waals surface area contributed by atoms with Crippen LogP contribution >= 0.6 is 23.1 Å². The molecule has 0 spiro atoms. The lowest BCUT2D eigenvalue weighted by Gasteiger charge is -2.11. The summed E-state index contributed by atoms with van der Waals surface area (Å²) in [6.07, 6.45) is 0. The molecule has 0 saturated heterocycles. The molecule has 0 aliphatic rings. The van der Waals surface area contributed by atoms with Gasteiger partial charge in [0.1, 0.15) is 5.75 Å². The number of rotatable bonds is 7. The molecule has 1 atom stereocenters. The maximum Gasteiger partial charge on any atom is 0.237 e. The van der Waals surface area contributed by atoms with Gasteiger partial charge in [-0.15, -0.1) is 10.2 Å². The zero-order valence-corrected chi connectivity index (χ0v) is 16.8. The Balaban J connectivity index is 1.59. The van der Waals surface area contributed by atoms with Gasteiger partial charge >= 0.3 is 0 Å². The van der Waals surface area contributed by atoms with E-state index < -0.39 is 34.3 Å². The van der Waals surface area contributed by atoms with Crippen LogP contribution in [0.5, 0.6) is 5.75 Å². The molecule has 1 amide bonds. The topological polar surface area (TPSA) is 76.1 Å². The minimum Gasteiger partial charge on any atom is -0.497 e. The number of thioether (sulfide) groups is 1. The van der Waals surface area contributed by atoms with Crippen LogP contribution in [0.25, 0.3) is 0 Å². The second kappa shape index (κ2) is 9.14. The molecule has 6 nitrogen and oxygen atoms in total. The molecule has 0 radical (unpaired) electrons. The highest BCUT2D eigenvalue weighted by atomic mass is 32.2. The molecule has 0 aliphatic heterocycles. The molecule has 0 bridgehead atoms. The van der Waals surface area contributed by atoms with Gasteiger partial charge in [0.15, 0.2) is 21.8 Å². The summed E-state index contributed by atoms with van der Waals surface area (Å²) in [5.41, 5.74) is 0.360. The molecule has 11 heteroatoms. The second-order valence-electron chi connectivity index (χ2n) is 5.70. The Hall–Kier alpha value is -2.79. The maximum absolute atomic E-state index is 13.7. The fourth-order valence-corrected chi connectivity index (χ4v) is 4.08. The van der Waals surface area contributed by atoms with Crippen LogP contribution in [0.1, 0.15) is 6.92 Å². The van der Waals surface area contributed by atoms with Gasteiger partial charge in [-0.2, -0.15) is 0 Å². The molecule has 1 aromatic heterocycles. The zero-order chi connectivity index (χ0) is 21.0. The first-order valence-electron chi connectivity index (χ1n) is 8.23. The van der Waals surface area contributed by atoms with Gasteiger partial charge in [-0.1, -0.05) is 23.1 Å². The summed E-state index contributed by atoms with van der Waals surface area (Å²) in [5, 5.41) is 13.2. The number of halogens is 3. The third-order valence-electron chi connectivity index (χ3n) is 3.69. The van der Waals surface area contributed by atoms with E-state index in [0.717, 1.165) is 35.3 Å². The predicted octanol–water partition coefficient (Wildman–Crippen LogP) is 4.83. The number of hydrogen-bond donors (Lipinski definition) is 2. The summed E-state index contributed by atoms with van der Waals surface area (Å²) in [4.78, 5) is 12.2. The van der Waals surface area contributed by atoms with Crippen LogP contribution in [-0.2, 0) is 4.79 Å². The molecule has 1 unspecified atom stereocenters. The maximum atomic E-state index is 13.7.